The Bertz CT molecular complexity index is 387. The molecule has 1 rings (SSSR count). The summed E-state index contributed by atoms with van der Waals surface area (Å²) in [6, 6.07) is 0.0253. The largest absolute Gasteiger partial charge is 0.479 e. The number of hydrogen-bond donors (Lipinski definition) is 2. The molecule has 1 amide bonds. The van der Waals surface area contributed by atoms with Crippen molar-refractivity contribution in [3.8, 4) is 0 Å². The van der Waals surface area contributed by atoms with Crippen molar-refractivity contribution >= 4 is 11.9 Å². The van der Waals surface area contributed by atoms with Gasteiger partial charge in [0.25, 0.3) is 5.91 Å². The zero-order valence-corrected chi connectivity index (χ0v) is 14.9. The lowest BCUT2D eigenvalue weighted by molar-refractivity contribution is -0.138. The zero-order valence-electron chi connectivity index (χ0n) is 14.9. The maximum atomic E-state index is 12.1. The molecule has 3 atom stereocenters. The molecule has 0 spiro atoms. The lowest BCUT2D eigenvalue weighted by Gasteiger charge is -2.26. The average Bonchev–Trinajstić information content (AvgIpc) is 3.23. The average molecular weight is 328 g/mol. The van der Waals surface area contributed by atoms with Crippen molar-refractivity contribution in [2.75, 3.05) is 20.1 Å². The van der Waals surface area contributed by atoms with E-state index in [-0.39, 0.29) is 11.9 Å². The van der Waals surface area contributed by atoms with Gasteiger partial charge in [-0.3, -0.25) is 4.79 Å². The molecule has 1 heterocycles. The van der Waals surface area contributed by atoms with Crippen LogP contribution < -0.4 is 5.32 Å². The minimum Gasteiger partial charge on any atom is -0.479 e. The summed E-state index contributed by atoms with van der Waals surface area (Å²) in [6.45, 7) is 8.23. The lowest BCUT2D eigenvalue weighted by Crippen LogP contribution is -2.45. The van der Waals surface area contributed by atoms with Gasteiger partial charge in [-0.1, -0.05) is 40.0 Å². The van der Waals surface area contributed by atoms with E-state index in [0.717, 1.165) is 19.5 Å². The number of carbonyl (C=O) groups is 2. The number of ether oxygens (including phenoxy) is 1. The van der Waals surface area contributed by atoms with E-state index >= 15 is 0 Å². The third-order valence-electron chi connectivity index (χ3n) is 4.02. The van der Waals surface area contributed by atoms with E-state index in [2.05, 4.69) is 38.0 Å². The van der Waals surface area contributed by atoms with Crippen LogP contribution in [0.25, 0.3) is 0 Å². The summed E-state index contributed by atoms with van der Waals surface area (Å²) >= 11 is 0. The Hall–Kier alpha value is -1.14. The molecule has 2 N–H and O–H groups in total. The number of amides is 1. The number of likely N-dealkylation sites (N-methyl/N-ethyl adjacent to an activating group) is 1. The molecule has 134 valence electrons. The van der Waals surface area contributed by atoms with Gasteiger partial charge >= 0.3 is 5.97 Å². The topological polar surface area (TPSA) is 82.2 Å². The van der Waals surface area contributed by atoms with Crippen molar-refractivity contribution < 1.29 is 19.4 Å². The molecule has 0 radical (unpaired) electrons. The summed E-state index contributed by atoms with van der Waals surface area (Å²) in [6.07, 6.45) is 3.96. The molecule has 0 aliphatic carbocycles. The van der Waals surface area contributed by atoms with Crippen LogP contribution in [0.4, 0.5) is 0 Å². The highest BCUT2D eigenvalue weighted by Gasteiger charge is 2.51. The van der Waals surface area contributed by atoms with E-state index in [1.54, 1.807) is 0 Å². The first-order valence-electron chi connectivity index (χ1n) is 8.72. The minimum atomic E-state index is -1.07. The molecule has 0 aromatic carbocycles. The van der Waals surface area contributed by atoms with Crippen LogP contribution in [-0.2, 0) is 14.3 Å². The smallest absolute Gasteiger partial charge is 0.336 e. The maximum Gasteiger partial charge on any atom is 0.336 e. The van der Waals surface area contributed by atoms with Crippen molar-refractivity contribution in [1.29, 1.82) is 0 Å². The van der Waals surface area contributed by atoms with E-state index in [0.29, 0.717) is 5.92 Å². The number of unbranched alkanes of at least 4 members (excludes halogenated alkanes) is 3. The number of aliphatic carboxylic acids is 1. The first-order valence-corrected chi connectivity index (χ1v) is 8.72. The van der Waals surface area contributed by atoms with Crippen molar-refractivity contribution in [1.82, 2.24) is 10.2 Å². The van der Waals surface area contributed by atoms with E-state index in [9.17, 15) is 9.59 Å². The number of epoxide rings is 1. The molecule has 0 aromatic rings. The highest BCUT2D eigenvalue weighted by Crippen LogP contribution is 2.22. The lowest BCUT2D eigenvalue weighted by atomic mass is 10.0. The normalized spacial score (nSPS) is 21.5. The summed E-state index contributed by atoms with van der Waals surface area (Å²) in [5.41, 5.74) is 0. The minimum absolute atomic E-state index is 0.0253. The second-order valence-corrected chi connectivity index (χ2v) is 6.97. The van der Waals surface area contributed by atoms with Gasteiger partial charge in [-0.2, -0.15) is 0 Å². The number of nitrogens with zero attached hydrogens (tertiary/aromatic N) is 1. The Labute approximate surface area is 139 Å². The molecule has 6 heteroatoms. The highest BCUT2D eigenvalue weighted by molar-refractivity contribution is 5.92. The molecule has 0 saturated carbocycles. The summed E-state index contributed by atoms with van der Waals surface area (Å²) in [5, 5.41) is 11.8. The first kappa shape index (κ1) is 19.9. The van der Waals surface area contributed by atoms with Gasteiger partial charge in [0.05, 0.1) is 0 Å². The third-order valence-corrected chi connectivity index (χ3v) is 4.02. The standard InChI is InChI=1S/C17H32N2O4/c1-5-6-7-8-9-19(4)11-13(10-12(2)3)18-16(20)14-15(23-14)17(21)22/h12-15H,5-11H2,1-4H3,(H,18,20)(H,21,22)/t13-,14-,15-/m0/s1. The molecule has 1 fully saturated rings. The van der Waals surface area contributed by atoms with Crippen molar-refractivity contribution in [2.45, 2.75) is 71.1 Å². The van der Waals surface area contributed by atoms with Gasteiger partial charge in [0.15, 0.2) is 12.2 Å². The summed E-state index contributed by atoms with van der Waals surface area (Å²) < 4.78 is 4.92. The predicted octanol–water partition coefficient (Wildman–Crippen LogP) is 1.88. The predicted molar refractivity (Wildman–Crippen MR) is 89.3 cm³/mol. The summed E-state index contributed by atoms with van der Waals surface area (Å²) in [4.78, 5) is 25.1. The van der Waals surface area contributed by atoms with Gasteiger partial charge < -0.3 is 20.1 Å². The molecule has 0 aromatic heterocycles. The van der Waals surface area contributed by atoms with Crippen LogP contribution >= 0.6 is 0 Å². The van der Waals surface area contributed by atoms with Crippen LogP contribution in [0.1, 0.15) is 52.9 Å². The van der Waals surface area contributed by atoms with Crippen molar-refractivity contribution in [2.24, 2.45) is 5.92 Å². The Morgan fingerprint density at radius 2 is 1.91 bits per heavy atom. The molecule has 1 saturated heterocycles. The van der Waals surface area contributed by atoms with Crippen LogP contribution in [0, 0.1) is 5.92 Å². The molecule has 1 aliphatic rings. The highest BCUT2D eigenvalue weighted by atomic mass is 16.6. The van der Waals surface area contributed by atoms with E-state index < -0.39 is 18.2 Å². The first-order chi connectivity index (χ1) is 10.8. The van der Waals surface area contributed by atoms with E-state index in [1.807, 2.05) is 0 Å². The number of hydrogen-bond acceptors (Lipinski definition) is 4. The Morgan fingerprint density at radius 1 is 1.22 bits per heavy atom. The van der Waals surface area contributed by atoms with Gasteiger partial charge in [-0.15, -0.1) is 0 Å². The SMILES string of the molecule is CCCCCCN(C)C[C@H](CC(C)C)NC(=O)[C@H]1O[C@@H]1C(=O)O. The maximum absolute atomic E-state index is 12.1. The van der Waals surface area contributed by atoms with Gasteiger partial charge in [0.2, 0.25) is 0 Å². The second-order valence-electron chi connectivity index (χ2n) is 6.97. The quantitative estimate of drug-likeness (QED) is 0.422. The number of carbonyl (C=O) groups excluding carboxylic acids is 1. The second kappa shape index (κ2) is 9.88. The Balaban J connectivity index is 2.39. The molecular formula is C17H32N2O4. The zero-order chi connectivity index (χ0) is 17.4. The van der Waals surface area contributed by atoms with Crippen LogP contribution in [0.2, 0.25) is 0 Å². The molecular weight excluding hydrogens is 296 g/mol. The number of carboxylic acid groups (broad SMARTS) is 1. The number of rotatable bonds is 12. The van der Waals surface area contributed by atoms with Gasteiger partial charge in [-0.25, -0.2) is 4.79 Å². The summed E-state index contributed by atoms with van der Waals surface area (Å²) in [7, 11) is 2.07. The number of carboxylic acids is 1. The summed E-state index contributed by atoms with van der Waals surface area (Å²) in [5.74, 6) is -0.912. The number of nitrogens with one attached hydrogen (secondary N) is 1. The fraction of sp³-hybridized carbons (Fsp3) is 0.882. The monoisotopic (exact) mass is 328 g/mol. The Kier molecular flexibility index (Phi) is 8.55. The van der Waals surface area contributed by atoms with Crippen LogP contribution in [0.3, 0.4) is 0 Å². The molecule has 6 nitrogen and oxygen atoms in total. The van der Waals surface area contributed by atoms with Crippen LogP contribution in [-0.4, -0.2) is 60.3 Å². The van der Waals surface area contributed by atoms with E-state index in [4.69, 9.17) is 9.84 Å². The Morgan fingerprint density at radius 3 is 2.43 bits per heavy atom. The van der Waals surface area contributed by atoms with Gasteiger partial charge in [0, 0.05) is 12.6 Å². The molecule has 1 aliphatic heterocycles. The molecule has 0 unspecified atom stereocenters. The van der Waals surface area contributed by atoms with Gasteiger partial charge in [-0.05, 0) is 32.4 Å². The fourth-order valence-electron chi connectivity index (χ4n) is 2.81. The van der Waals surface area contributed by atoms with Crippen molar-refractivity contribution in [3.63, 3.8) is 0 Å². The van der Waals surface area contributed by atoms with Gasteiger partial charge in [0.1, 0.15) is 0 Å². The van der Waals surface area contributed by atoms with Crippen LogP contribution in [0.15, 0.2) is 0 Å². The van der Waals surface area contributed by atoms with E-state index in [1.165, 1.54) is 25.7 Å². The van der Waals surface area contributed by atoms with Crippen LogP contribution in [0.5, 0.6) is 0 Å². The van der Waals surface area contributed by atoms with Crippen molar-refractivity contribution in [3.05, 3.63) is 0 Å². The molecule has 0 bridgehead atoms. The third kappa shape index (κ3) is 7.79. The fourth-order valence-corrected chi connectivity index (χ4v) is 2.81. The molecule has 23 heavy (non-hydrogen) atoms.